The number of nitrogens with zero attached hydrogens (tertiary/aromatic N) is 1. The van der Waals surface area contributed by atoms with Gasteiger partial charge in [-0.3, -0.25) is 4.79 Å². The van der Waals surface area contributed by atoms with Crippen molar-refractivity contribution in [3.8, 4) is 0 Å². The molecule has 0 spiro atoms. The molecule has 0 saturated carbocycles. The molecule has 4 heteroatoms. The number of piperidine rings is 1. The lowest BCUT2D eigenvalue weighted by molar-refractivity contribution is -0.133. The lowest BCUT2D eigenvalue weighted by atomic mass is 9.77. The molecule has 94 valence electrons. The first-order chi connectivity index (χ1) is 8.68. The standard InChI is InChI=1S/C14H15NO3/c1-9-7-12(16)15-11(8-18-14(15)17)13(9)10-5-3-2-4-6-10/h2-6,9,11,13H,7-8H2,1H3/t9?,11-,13?/m1/s1. The molecule has 4 nitrogen and oxygen atoms in total. The molecular formula is C14H15NO3. The highest BCUT2D eigenvalue weighted by atomic mass is 16.6. The van der Waals surface area contributed by atoms with Crippen LogP contribution in [0.15, 0.2) is 30.3 Å². The molecule has 0 aliphatic carbocycles. The minimum absolute atomic E-state index is 0.109. The van der Waals surface area contributed by atoms with Crippen molar-refractivity contribution in [2.45, 2.75) is 25.3 Å². The number of ether oxygens (including phenoxy) is 1. The minimum Gasteiger partial charge on any atom is -0.447 e. The van der Waals surface area contributed by atoms with E-state index in [0.29, 0.717) is 13.0 Å². The predicted octanol–water partition coefficient (Wildman–Crippen LogP) is 2.16. The van der Waals surface area contributed by atoms with Crippen molar-refractivity contribution in [2.24, 2.45) is 5.92 Å². The van der Waals surface area contributed by atoms with E-state index in [4.69, 9.17) is 4.74 Å². The van der Waals surface area contributed by atoms with Gasteiger partial charge in [-0.25, -0.2) is 9.69 Å². The Morgan fingerprint density at radius 2 is 1.94 bits per heavy atom. The predicted molar refractivity (Wildman–Crippen MR) is 64.9 cm³/mol. The van der Waals surface area contributed by atoms with E-state index in [0.717, 1.165) is 0 Å². The van der Waals surface area contributed by atoms with Gasteiger partial charge in [-0.1, -0.05) is 37.3 Å². The Morgan fingerprint density at radius 1 is 1.22 bits per heavy atom. The highest BCUT2D eigenvalue weighted by Gasteiger charge is 2.48. The maximum Gasteiger partial charge on any atom is 0.416 e. The van der Waals surface area contributed by atoms with Crippen molar-refractivity contribution in [3.05, 3.63) is 35.9 Å². The third-order valence-electron chi connectivity index (χ3n) is 3.88. The topological polar surface area (TPSA) is 46.6 Å². The van der Waals surface area contributed by atoms with Crippen LogP contribution in [-0.4, -0.2) is 29.5 Å². The van der Waals surface area contributed by atoms with Crippen molar-refractivity contribution < 1.29 is 14.3 Å². The molecule has 2 aliphatic heterocycles. The fraction of sp³-hybridized carbons (Fsp3) is 0.429. The molecular weight excluding hydrogens is 230 g/mol. The van der Waals surface area contributed by atoms with E-state index in [1.165, 1.54) is 10.5 Å². The second-order valence-corrected chi connectivity index (χ2v) is 5.03. The molecule has 1 aromatic carbocycles. The number of hydrogen-bond acceptors (Lipinski definition) is 3. The van der Waals surface area contributed by atoms with Crippen molar-refractivity contribution >= 4 is 12.0 Å². The van der Waals surface area contributed by atoms with Crippen molar-refractivity contribution in [2.75, 3.05) is 6.61 Å². The number of fused-ring (bicyclic) bond motifs is 1. The summed E-state index contributed by atoms with van der Waals surface area (Å²) in [5.41, 5.74) is 1.17. The molecule has 3 atom stereocenters. The molecule has 3 rings (SSSR count). The summed E-state index contributed by atoms with van der Waals surface area (Å²) < 4.78 is 5.04. The molecule has 0 aromatic heterocycles. The van der Waals surface area contributed by atoms with Gasteiger partial charge in [0.05, 0.1) is 6.04 Å². The molecule has 2 amide bonds. The molecule has 2 fully saturated rings. The minimum atomic E-state index is -0.488. The lowest BCUT2D eigenvalue weighted by Crippen LogP contribution is -2.49. The van der Waals surface area contributed by atoms with Crippen LogP contribution in [0.4, 0.5) is 4.79 Å². The van der Waals surface area contributed by atoms with Crippen LogP contribution >= 0.6 is 0 Å². The van der Waals surface area contributed by atoms with Crippen molar-refractivity contribution in [1.82, 2.24) is 4.90 Å². The van der Waals surface area contributed by atoms with E-state index in [2.05, 4.69) is 19.1 Å². The van der Waals surface area contributed by atoms with Gasteiger partial charge in [0.15, 0.2) is 0 Å². The fourth-order valence-corrected chi connectivity index (χ4v) is 3.09. The largest absolute Gasteiger partial charge is 0.447 e. The highest BCUT2D eigenvalue weighted by molar-refractivity contribution is 5.94. The summed E-state index contributed by atoms with van der Waals surface area (Å²) in [5.74, 6) is 0.299. The molecule has 18 heavy (non-hydrogen) atoms. The molecule has 0 radical (unpaired) electrons. The third kappa shape index (κ3) is 1.60. The molecule has 0 bridgehead atoms. The number of amides is 2. The number of hydrogen-bond donors (Lipinski definition) is 0. The Labute approximate surface area is 106 Å². The number of cyclic esters (lactones) is 1. The number of carbonyl (C=O) groups excluding carboxylic acids is 2. The zero-order chi connectivity index (χ0) is 12.7. The average Bonchev–Trinajstić information content (AvgIpc) is 2.73. The SMILES string of the molecule is CC1CC(=O)N2C(=O)OC[C@@H]2C1c1ccccc1. The van der Waals surface area contributed by atoms with Crippen LogP contribution in [-0.2, 0) is 9.53 Å². The maximum absolute atomic E-state index is 11.9. The lowest BCUT2D eigenvalue weighted by Gasteiger charge is -2.37. The summed E-state index contributed by atoms with van der Waals surface area (Å²) in [6.45, 7) is 2.38. The average molecular weight is 245 g/mol. The van der Waals surface area contributed by atoms with Crippen LogP contribution in [0.25, 0.3) is 0 Å². The Balaban J connectivity index is 1.98. The number of carbonyl (C=O) groups is 2. The van der Waals surface area contributed by atoms with Crippen LogP contribution < -0.4 is 0 Å². The van der Waals surface area contributed by atoms with Crippen LogP contribution in [0, 0.1) is 5.92 Å². The Morgan fingerprint density at radius 3 is 2.67 bits per heavy atom. The molecule has 2 heterocycles. The van der Waals surface area contributed by atoms with Crippen molar-refractivity contribution in [3.63, 3.8) is 0 Å². The van der Waals surface area contributed by atoms with Gasteiger partial charge in [0.1, 0.15) is 6.61 Å². The quantitative estimate of drug-likeness (QED) is 0.761. The summed E-state index contributed by atoms with van der Waals surface area (Å²) in [6.07, 6.45) is -0.0802. The summed E-state index contributed by atoms with van der Waals surface area (Å²) >= 11 is 0. The van der Waals surface area contributed by atoms with E-state index in [-0.39, 0.29) is 23.8 Å². The maximum atomic E-state index is 11.9. The van der Waals surface area contributed by atoms with E-state index in [1.807, 2.05) is 18.2 Å². The first-order valence-electron chi connectivity index (χ1n) is 6.22. The van der Waals surface area contributed by atoms with Gasteiger partial charge < -0.3 is 4.74 Å². The Bertz CT molecular complexity index is 485. The fourth-order valence-electron chi connectivity index (χ4n) is 3.09. The second kappa shape index (κ2) is 4.12. The van der Waals surface area contributed by atoms with Gasteiger partial charge >= 0.3 is 6.09 Å². The van der Waals surface area contributed by atoms with Gasteiger partial charge in [0.2, 0.25) is 5.91 Å². The zero-order valence-corrected chi connectivity index (χ0v) is 10.2. The number of rotatable bonds is 1. The second-order valence-electron chi connectivity index (χ2n) is 5.03. The van der Waals surface area contributed by atoms with Crippen molar-refractivity contribution in [1.29, 1.82) is 0 Å². The van der Waals surface area contributed by atoms with E-state index >= 15 is 0 Å². The van der Waals surface area contributed by atoms with Crippen LogP contribution in [0.3, 0.4) is 0 Å². The summed E-state index contributed by atoms with van der Waals surface area (Å²) in [7, 11) is 0. The van der Waals surface area contributed by atoms with Gasteiger partial charge in [-0.05, 0) is 11.5 Å². The van der Waals surface area contributed by atoms with Crippen LogP contribution in [0.2, 0.25) is 0 Å². The zero-order valence-electron chi connectivity index (χ0n) is 10.2. The van der Waals surface area contributed by atoms with Gasteiger partial charge in [-0.15, -0.1) is 0 Å². The summed E-state index contributed by atoms with van der Waals surface area (Å²) in [6, 6.07) is 9.91. The smallest absolute Gasteiger partial charge is 0.416 e. The summed E-state index contributed by atoms with van der Waals surface area (Å²) in [5, 5.41) is 0. The number of imide groups is 1. The number of benzene rings is 1. The van der Waals surface area contributed by atoms with Gasteiger partial charge in [0.25, 0.3) is 0 Å². The van der Waals surface area contributed by atoms with E-state index in [1.54, 1.807) is 0 Å². The van der Waals surface area contributed by atoms with Gasteiger partial charge in [-0.2, -0.15) is 0 Å². The van der Waals surface area contributed by atoms with Gasteiger partial charge in [0, 0.05) is 12.3 Å². The monoisotopic (exact) mass is 245 g/mol. The molecule has 2 saturated heterocycles. The third-order valence-corrected chi connectivity index (χ3v) is 3.88. The Hall–Kier alpha value is -1.84. The Kier molecular flexibility index (Phi) is 2.58. The van der Waals surface area contributed by atoms with E-state index in [9.17, 15) is 9.59 Å². The highest BCUT2D eigenvalue weighted by Crippen LogP contribution is 2.40. The first kappa shape index (κ1) is 11.3. The summed E-state index contributed by atoms with van der Waals surface area (Å²) in [4.78, 5) is 24.8. The van der Waals surface area contributed by atoms with E-state index < -0.39 is 6.09 Å². The molecule has 1 aromatic rings. The molecule has 2 unspecified atom stereocenters. The van der Waals surface area contributed by atoms with Crippen LogP contribution in [0.1, 0.15) is 24.8 Å². The molecule has 2 aliphatic rings. The van der Waals surface area contributed by atoms with Crippen LogP contribution in [0.5, 0.6) is 0 Å². The molecule has 0 N–H and O–H groups in total. The normalized spacial score (nSPS) is 31.2. The first-order valence-corrected chi connectivity index (χ1v) is 6.22.